The lowest BCUT2D eigenvalue weighted by Gasteiger charge is -2.32. The molecule has 0 spiro atoms. The minimum absolute atomic E-state index is 0.236. The predicted molar refractivity (Wildman–Crippen MR) is 77.7 cm³/mol. The van der Waals surface area contributed by atoms with E-state index in [2.05, 4.69) is 9.47 Å². The second-order valence-corrected chi connectivity index (χ2v) is 5.21. The number of methoxy groups -OCH3 is 2. The van der Waals surface area contributed by atoms with Crippen LogP contribution >= 0.6 is 0 Å². The maximum atomic E-state index is 12.1. The van der Waals surface area contributed by atoms with Gasteiger partial charge in [0.05, 0.1) is 20.1 Å². The molecule has 1 aliphatic rings. The average molecular weight is 323 g/mol. The molecule has 8 nitrogen and oxygen atoms in total. The monoisotopic (exact) mass is 323 g/mol. The van der Waals surface area contributed by atoms with E-state index < -0.39 is 34.7 Å². The number of ether oxygens (including phenoxy) is 3. The first-order chi connectivity index (χ1) is 10.9. The third kappa shape index (κ3) is 2.96. The number of hydrogen-bond acceptors (Lipinski definition) is 7. The summed E-state index contributed by atoms with van der Waals surface area (Å²) < 4.78 is 14.8. The van der Waals surface area contributed by atoms with Crippen LogP contribution in [0.4, 0.5) is 0 Å². The third-order valence-electron chi connectivity index (χ3n) is 3.95. The smallest absolute Gasteiger partial charge is 0.320 e. The molecule has 0 radical (unpaired) electrons. The Hall–Kier alpha value is -2.64. The first-order valence-corrected chi connectivity index (χ1v) is 6.93. The normalized spacial score (nSPS) is 19.5. The lowest BCUT2D eigenvalue weighted by molar-refractivity contribution is -0.531. The molecule has 23 heavy (non-hydrogen) atoms. The molecule has 2 unspecified atom stereocenters. The van der Waals surface area contributed by atoms with Crippen LogP contribution in [-0.2, 0) is 19.1 Å². The molecular weight excluding hydrogens is 306 g/mol. The molecule has 0 saturated carbocycles. The molecule has 1 heterocycles. The summed E-state index contributed by atoms with van der Waals surface area (Å²) in [7, 11) is 2.24. The van der Waals surface area contributed by atoms with Crippen molar-refractivity contribution in [2.75, 3.05) is 20.8 Å². The van der Waals surface area contributed by atoms with Crippen molar-refractivity contribution in [2.45, 2.75) is 18.9 Å². The molecular formula is C15H17NO7. The second kappa shape index (κ2) is 6.64. The zero-order valence-electron chi connectivity index (χ0n) is 13.0. The fraction of sp³-hybridized carbons (Fsp3) is 0.467. The van der Waals surface area contributed by atoms with Gasteiger partial charge in [0.25, 0.3) is 6.04 Å². The Morgan fingerprint density at radius 3 is 2.43 bits per heavy atom. The summed E-state index contributed by atoms with van der Waals surface area (Å²) >= 11 is 0. The van der Waals surface area contributed by atoms with Gasteiger partial charge in [-0.2, -0.15) is 0 Å². The number of esters is 2. The summed E-state index contributed by atoms with van der Waals surface area (Å²) in [6.45, 7) is 1.55. The van der Waals surface area contributed by atoms with E-state index in [0.29, 0.717) is 11.3 Å². The maximum Gasteiger partial charge on any atom is 0.320 e. The molecule has 2 rings (SSSR count). The average Bonchev–Trinajstić information content (AvgIpc) is 2.54. The van der Waals surface area contributed by atoms with Gasteiger partial charge >= 0.3 is 11.9 Å². The topological polar surface area (TPSA) is 105 Å². The van der Waals surface area contributed by atoms with Crippen molar-refractivity contribution in [2.24, 2.45) is 5.92 Å². The highest BCUT2D eigenvalue weighted by Gasteiger charge is 2.51. The van der Waals surface area contributed by atoms with Crippen molar-refractivity contribution in [3.8, 4) is 5.75 Å². The van der Waals surface area contributed by atoms with Crippen molar-refractivity contribution in [1.29, 1.82) is 0 Å². The Bertz CT molecular complexity index is 627. The molecule has 2 atom stereocenters. The van der Waals surface area contributed by atoms with E-state index in [0.717, 1.165) is 19.8 Å². The number of aryl methyl sites for hydroxylation is 1. The fourth-order valence-electron chi connectivity index (χ4n) is 2.85. The summed E-state index contributed by atoms with van der Waals surface area (Å²) in [4.78, 5) is 35.0. The van der Waals surface area contributed by atoms with Crippen molar-refractivity contribution in [1.82, 2.24) is 0 Å². The van der Waals surface area contributed by atoms with Gasteiger partial charge in [-0.1, -0.05) is 18.2 Å². The molecule has 0 amide bonds. The molecule has 0 aromatic heterocycles. The van der Waals surface area contributed by atoms with Gasteiger partial charge in [-0.3, -0.25) is 19.7 Å². The number of para-hydroxylation sites is 1. The molecule has 124 valence electrons. The Morgan fingerprint density at radius 1 is 1.30 bits per heavy atom. The van der Waals surface area contributed by atoms with E-state index >= 15 is 0 Å². The van der Waals surface area contributed by atoms with Gasteiger partial charge < -0.3 is 14.2 Å². The van der Waals surface area contributed by atoms with Gasteiger partial charge in [0.1, 0.15) is 5.75 Å². The zero-order valence-corrected chi connectivity index (χ0v) is 13.0. The van der Waals surface area contributed by atoms with E-state index in [9.17, 15) is 19.7 Å². The molecule has 0 aliphatic carbocycles. The Kier molecular flexibility index (Phi) is 4.83. The predicted octanol–water partition coefficient (Wildman–Crippen LogP) is 1.08. The van der Waals surface area contributed by atoms with Crippen LogP contribution in [0.1, 0.15) is 17.0 Å². The molecule has 8 heteroatoms. The first-order valence-electron chi connectivity index (χ1n) is 6.93. The number of carbonyl (C=O) groups excluding carboxylic acids is 2. The summed E-state index contributed by atoms with van der Waals surface area (Å²) in [6, 6.07) is 3.83. The van der Waals surface area contributed by atoms with E-state index in [1.54, 1.807) is 25.1 Å². The summed E-state index contributed by atoms with van der Waals surface area (Å²) in [6.07, 6.45) is 0. The van der Waals surface area contributed by atoms with Gasteiger partial charge in [-0.15, -0.1) is 0 Å². The minimum atomic E-state index is -1.43. The molecule has 1 aromatic rings. The fourth-order valence-corrected chi connectivity index (χ4v) is 2.85. The summed E-state index contributed by atoms with van der Waals surface area (Å²) in [5.41, 5.74) is 1.20. The quantitative estimate of drug-likeness (QED) is 0.353. The van der Waals surface area contributed by atoms with E-state index in [1.807, 2.05) is 0 Å². The molecule has 1 aliphatic heterocycles. The first kappa shape index (κ1) is 16.7. The lowest BCUT2D eigenvalue weighted by Crippen LogP contribution is -2.46. The van der Waals surface area contributed by atoms with Crippen LogP contribution in [0.2, 0.25) is 0 Å². The van der Waals surface area contributed by atoms with Crippen molar-refractivity contribution < 1.29 is 28.7 Å². The second-order valence-electron chi connectivity index (χ2n) is 5.21. The Morgan fingerprint density at radius 2 is 1.91 bits per heavy atom. The molecule has 0 bridgehead atoms. The number of rotatable bonds is 4. The van der Waals surface area contributed by atoms with E-state index in [1.165, 1.54) is 0 Å². The third-order valence-corrected chi connectivity index (χ3v) is 3.95. The zero-order chi connectivity index (χ0) is 17.1. The van der Waals surface area contributed by atoms with Gasteiger partial charge in [0.2, 0.25) is 0 Å². The van der Waals surface area contributed by atoms with Crippen molar-refractivity contribution >= 4 is 11.9 Å². The van der Waals surface area contributed by atoms with Crippen LogP contribution in [0.15, 0.2) is 18.2 Å². The molecule has 0 N–H and O–H groups in total. The standard InChI is InChI=1S/C15H17NO7/c1-8-5-4-6-9-11(10(16(19)20)7-23-13(8)9)12(14(17)21-2)15(18)22-3/h4-6,10-12H,7H2,1-3H3. The van der Waals surface area contributed by atoms with Gasteiger partial charge in [-0.05, 0) is 12.5 Å². The van der Waals surface area contributed by atoms with Crippen LogP contribution in [0, 0.1) is 23.0 Å². The van der Waals surface area contributed by atoms with Gasteiger partial charge in [-0.25, -0.2) is 0 Å². The summed E-state index contributed by atoms with van der Waals surface area (Å²) in [5, 5.41) is 11.4. The van der Waals surface area contributed by atoms with Crippen LogP contribution in [0.3, 0.4) is 0 Å². The van der Waals surface area contributed by atoms with Gasteiger partial charge in [0.15, 0.2) is 12.5 Å². The molecule has 0 saturated heterocycles. The number of hydrogen-bond donors (Lipinski definition) is 0. The van der Waals surface area contributed by atoms with Crippen molar-refractivity contribution in [3.05, 3.63) is 39.4 Å². The number of nitro groups is 1. The summed E-state index contributed by atoms with van der Waals surface area (Å²) in [5.74, 6) is -3.74. The van der Waals surface area contributed by atoms with Crippen LogP contribution in [0.5, 0.6) is 5.75 Å². The lowest BCUT2D eigenvalue weighted by atomic mass is 9.78. The highest BCUT2D eigenvalue weighted by Crippen LogP contribution is 2.42. The number of nitrogens with zero attached hydrogens (tertiary/aromatic N) is 1. The number of benzene rings is 1. The molecule has 1 aromatic carbocycles. The van der Waals surface area contributed by atoms with Crippen molar-refractivity contribution in [3.63, 3.8) is 0 Å². The largest absolute Gasteiger partial charge is 0.486 e. The van der Waals surface area contributed by atoms with Gasteiger partial charge in [0, 0.05) is 10.5 Å². The Labute approximate surface area is 132 Å². The maximum absolute atomic E-state index is 12.1. The Balaban J connectivity index is 2.61. The number of carbonyl (C=O) groups is 2. The van der Waals surface area contributed by atoms with Crippen LogP contribution in [0.25, 0.3) is 0 Å². The molecule has 0 fully saturated rings. The SMILES string of the molecule is COC(=O)C(C(=O)OC)C1c2cccc(C)c2OCC1[N+](=O)[O-]. The highest BCUT2D eigenvalue weighted by molar-refractivity contribution is 5.96. The van der Waals surface area contributed by atoms with Crippen LogP contribution < -0.4 is 4.74 Å². The van der Waals surface area contributed by atoms with E-state index in [-0.39, 0.29) is 6.61 Å². The highest BCUT2D eigenvalue weighted by atomic mass is 16.6. The number of fused-ring (bicyclic) bond motifs is 1. The van der Waals surface area contributed by atoms with Crippen LogP contribution in [-0.4, -0.2) is 43.7 Å². The van der Waals surface area contributed by atoms with E-state index in [4.69, 9.17) is 4.74 Å². The minimum Gasteiger partial charge on any atom is -0.486 e.